The first-order valence-corrected chi connectivity index (χ1v) is 10.0. The zero-order chi connectivity index (χ0) is 20.8. The molecule has 3 rings (SSSR count). The number of carbonyl (C=O) groups excluding carboxylic acids is 1. The quantitative estimate of drug-likeness (QED) is 0.423. The maximum Gasteiger partial charge on any atom is 0.271 e. The Labute approximate surface area is 172 Å². The highest BCUT2D eigenvalue weighted by Gasteiger charge is 2.17. The van der Waals surface area contributed by atoms with E-state index < -0.39 is 10.8 Å². The fourth-order valence-corrected chi connectivity index (χ4v) is 3.57. The molecule has 0 aromatic heterocycles. The number of rotatable bonds is 6. The van der Waals surface area contributed by atoms with Gasteiger partial charge in [-0.25, -0.2) is 5.43 Å². The fourth-order valence-electron chi connectivity index (χ4n) is 2.62. The van der Waals surface area contributed by atoms with Gasteiger partial charge in [-0.05, 0) is 43.2 Å². The average molecular weight is 411 g/mol. The number of hydrogen-bond donors (Lipinski definition) is 2. The van der Waals surface area contributed by atoms with Crippen LogP contribution in [0.15, 0.2) is 58.6 Å². The normalized spacial score (nSPS) is 16.3. The summed E-state index contributed by atoms with van der Waals surface area (Å²) >= 11 is 1.76. The fraction of sp³-hybridized carbons (Fsp3) is 0.250. The summed E-state index contributed by atoms with van der Waals surface area (Å²) in [7, 11) is 0. The van der Waals surface area contributed by atoms with Crippen molar-refractivity contribution in [1.29, 1.82) is 0 Å². The lowest BCUT2D eigenvalue weighted by atomic mass is 10.1. The van der Waals surface area contributed by atoms with Crippen molar-refractivity contribution in [2.24, 2.45) is 10.1 Å². The van der Waals surface area contributed by atoms with Gasteiger partial charge in [0.05, 0.1) is 17.2 Å². The highest BCUT2D eigenvalue weighted by Crippen LogP contribution is 2.24. The molecule has 2 N–H and O–H groups in total. The molecule has 0 saturated carbocycles. The first kappa shape index (κ1) is 20.5. The number of anilines is 1. The summed E-state index contributed by atoms with van der Waals surface area (Å²) in [6, 6.07) is 13.1. The molecule has 150 valence electrons. The van der Waals surface area contributed by atoms with Gasteiger partial charge in [-0.15, -0.1) is 0 Å². The molecule has 1 aliphatic heterocycles. The summed E-state index contributed by atoms with van der Waals surface area (Å²) in [4.78, 5) is 26.8. The first-order valence-electron chi connectivity index (χ1n) is 9.14. The Morgan fingerprint density at radius 2 is 1.86 bits per heavy atom. The number of nitro benzene ring substituents is 1. The first-order chi connectivity index (χ1) is 14.0. The molecular weight excluding hydrogens is 390 g/mol. The molecule has 29 heavy (non-hydrogen) atoms. The number of nitro groups is 1. The van der Waals surface area contributed by atoms with E-state index in [0.29, 0.717) is 16.5 Å². The Kier molecular flexibility index (Phi) is 6.61. The summed E-state index contributed by atoms with van der Waals surface area (Å²) in [6.45, 7) is 4.80. The van der Waals surface area contributed by atoms with Crippen molar-refractivity contribution in [3.05, 3.63) is 69.8 Å². The smallest absolute Gasteiger partial charge is 0.271 e. The van der Waals surface area contributed by atoms with Gasteiger partial charge in [-0.1, -0.05) is 30.8 Å². The second-order valence-electron chi connectivity index (χ2n) is 6.44. The molecule has 8 nitrogen and oxygen atoms in total. The lowest BCUT2D eigenvalue weighted by molar-refractivity contribution is -0.384. The van der Waals surface area contributed by atoms with E-state index in [1.807, 2.05) is 24.3 Å². The molecular formula is C20H21N5O3S. The van der Waals surface area contributed by atoms with E-state index >= 15 is 0 Å². The lowest BCUT2D eigenvalue weighted by Crippen LogP contribution is -2.19. The molecule has 2 aromatic rings. The Hall–Kier alpha value is -3.20. The molecule has 0 radical (unpaired) electrons. The number of amides is 1. The highest BCUT2D eigenvalue weighted by molar-refractivity contribution is 8.15. The number of thioether (sulfide) groups is 1. The van der Waals surface area contributed by atoms with E-state index in [1.165, 1.54) is 24.3 Å². The van der Waals surface area contributed by atoms with Crippen LogP contribution in [0.25, 0.3) is 0 Å². The molecule has 0 fully saturated rings. The van der Waals surface area contributed by atoms with Crippen LogP contribution in [-0.4, -0.2) is 33.5 Å². The number of benzene rings is 2. The predicted molar refractivity (Wildman–Crippen MR) is 117 cm³/mol. The van der Waals surface area contributed by atoms with Crippen LogP contribution in [0.1, 0.15) is 36.2 Å². The topological polar surface area (TPSA) is 109 Å². The molecule has 0 aliphatic carbocycles. The summed E-state index contributed by atoms with van der Waals surface area (Å²) in [6.07, 6.45) is 1.10. The molecule has 1 atom stereocenters. The maximum absolute atomic E-state index is 12.1. The molecule has 0 saturated heterocycles. The summed E-state index contributed by atoms with van der Waals surface area (Å²) in [5.41, 5.74) is 5.16. The third-order valence-corrected chi connectivity index (χ3v) is 5.66. The van der Waals surface area contributed by atoms with Gasteiger partial charge in [0.15, 0.2) is 5.17 Å². The van der Waals surface area contributed by atoms with Crippen LogP contribution in [-0.2, 0) is 0 Å². The van der Waals surface area contributed by atoms with Crippen molar-refractivity contribution in [3.63, 3.8) is 0 Å². The third kappa shape index (κ3) is 5.41. The number of hydrazone groups is 1. The SMILES string of the molecule is CC[C@H]1CN=C(Nc2ccc(/C(C)=N\NC(=O)c3ccc([N+](=O)[O-])cc3)cc2)S1. The molecule has 1 heterocycles. The van der Waals surface area contributed by atoms with Gasteiger partial charge in [-0.3, -0.25) is 19.9 Å². The van der Waals surface area contributed by atoms with Crippen LogP contribution < -0.4 is 10.7 Å². The van der Waals surface area contributed by atoms with E-state index in [9.17, 15) is 14.9 Å². The van der Waals surface area contributed by atoms with Gasteiger partial charge in [-0.2, -0.15) is 5.10 Å². The lowest BCUT2D eigenvalue weighted by Gasteiger charge is -2.08. The average Bonchev–Trinajstić information content (AvgIpc) is 3.20. The molecule has 1 aliphatic rings. The van der Waals surface area contributed by atoms with Crippen LogP contribution in [0.5, 0.6) is 0 Å². The number of aliphatic imine (C=N–C) groups is 1. The largest absolute Gasteiger partial charge is 0.335 e. The molecule has 2 aromatic carbocycles. The van der Waals surface area contributed by atoms with Gasteiger partial charge >= 0.3 is 0 Å². The minimum absolute atomic E-state index is 0.0675. The summed E-state index contributed by atoms with van der Waals surface area (Å²) in [5, 5.41) is 19.6. The number of amidine groups is 1. The van der Waals surface area contributed by atoms with E-state index in [4.69, 9.17) is 0 Å². The molecule has 0 spiro atoms. The van der Waals surface area contributed by atoms with Crippen molar-refractivity contribution in [3.8, 4) is 0 Å². The van der Waals surface area contributed by atoms with Crippen molar-refractivity contribution in [1.82, 2.24) is 5.43 Å². The van der Waals surface area contributed by atoms with E-state index in [2.05, 4.69) is 27.8 Å². The van der Waals surface area contributed by atoms with Crippen LogP contribution >= 0.6 is 11.8 Å². The summed E-state index contributed by atoms with van der Waals surface area (Å²) in [5.74, 6) is -0.431. The molecule has 9 heteroatoms. The molecule has 0 unspecified atom stereocenters. The number of carbonyl (C=O) groups is 1. The summed E-state index contributed by atoms with van der Waals surface area (Å²) < 4.78 is 0. The van der Waals surface area contributed by atoms with Crippen molar-refractivity contribution >= 4 is 39.9 Å². The van der Waals surface area contributed by atoms with Crippen molar-refractivity contribution in [2.45, 2.75) is 25.5 Å². The Bertz CT molecular complexity index is 955. The van der Waals surface area contributed by atoms with Crippen LogP contribution in [0, 0.1) is 10.1 Å². The monoisotopic (exact) mass is 411 g/mol. The third-order valence-electron chi connectivity index (χ3n) is 4.39. The molecule has 1 amide bonds. The predicted octanol–water partition coefficient (Wildman–Crippen LogP) is 4.04. The van der Waals surface area contributed by atoms with Gasteiger partial charge in [0, 0.05) is 28.6 Å². The van der Waals surface area contributed by atoms with E-state index in [1.54, 1.807) is 18.7 Å². The number of non-ortho nitro benzene ring substituents is 1. The minimum Gasteiger partial charge on any atom is -0.335 e. The van der Waals surface area contributed by atoms with Crippen LogP contribution in [0.4, 0.5) is 11.4 Å². The van der Waals surface area contributed by atoms with E-state index in [0.717, 1.165) is 29.4 Å². The van der Waals surface area contributed by atoms with Gasteiger partial charge in [0.2, 0.25) is 0 Å². The standard InChI is InChI=1S/C20H21N5O3S/c1-3-18-12-21-20(29-18)22-16-8-4-14(5-9-16)13(2)23-24-19(26)15-6-10-17(11-7-15)25(27)28/h4-11,18H,3,12H2,1-2H3,(H,21,22)(H,24,26)/b23-13-/t18-/m0/s1. The molecule has 0 bridgehead atoms. The zero-order valence-electron chi connectivity index (χ0n) is 16.1. The number of hydrogen-bond acceptors (Lipinski definition) is 7. The minimum atomic E-state index is -0.511. The van der Waals surface area contributed by atoms with Crippen LogP contribution in [0.3, 0.4) is 0 Å². The van der Waals surface area contributed by atoms with E-state index in [-0.39, 0.29) is 5.69 Å². The van der Waals surface area contributed by atoms with Gasteiger partial charge in [0.1, 0.15) is 0 Å². The van der Waals surface area contributed by atoms with Crippen molar-refractivity contribution < 1.29 is 9.72 Å². The van der Waals surface area contributed by atoms with Crippen LogP contribution in [0.2, 0.25) is 0 Å². The number of nitrogens with one attached hydrogen (secondary N) is 2. The maximum atomic E-state index is 12.1. The zero-order valence-corrected chi connectivity index (χ0v) is 16.9. The Morgan fingerprint density at radius 1 is 1.21 bits per heavy atom. The van der Waals surface area contributed by atoms with Crippen molar-refractivity contribution in [2.75, 3.05) is 11.9 Å². The van der Waals surface area contributed by atoms with Gasteiger partial charge in [0.25, 0.3) is 11.6 Å². The Morgan fingerprint density at radius 3 is 2.45 bits per heavy atom. The Balaban J connectivity index is 1.58. The number of nitrogens with zero attached hydrogens (tertiary/aromatic N) is 3. The second-order valence-corrected chi connectivity index (χ2v) is 7.73. The highest BCUT2D eigenvalue weighted by atomic mass is 32.2. The second kappa shape index (κ2) is 9.33. The van der Waals surface area contributed by atoms with Gasteiger partial charge < -0.3 is 5.32 Å².